The molecule has 0 aliphatic carbocycles. The highest BCUT2D eigenvalue weighted by Gasteiger charge is 2.33. The van der Waals surface area contributed by atoms with Crippen LogP contribution >= 0.6 is 24.0 Å². The first-order valence-corrected chi connectivity index (χ1v) is 10.00. The molecular formula is C23H32IN3O3. The van der Waals surface area contributed by atoms with Gasteiger partial charge < -0.3 is 24.8 Å². The summed E-state index contributed by atoms with van der Waals surface area (Å²) < 4.78 is 17.1. The maximum atomic E-state index is 6.15. The van der Waals surface area contributed by atoms with Gasteiger partial charge in [0.05, 0.1) is 26.8 Å². The molecular weight excluding hydrogens is 493 g/mol. The highest BCUT2D eigenvalue weighted by Crippen LogP contribution is 2.39. The monoisotopic (exact) mass is 525 g/mol. The molecule has 2 aromatic rings. The van der Waals surface area contributed by atoms with Gasteiger partial charge in [0, 0.05) is 24.1 Å². The largest absolute Gasteiger partial charge is 0.493 e. The van der Waals surface area contributed by atoms with Crippen LogP contribution in [0.4, 0.5) is 0 Å². The number of para-hydroxylation sites is 2. The van der Waals surface area contributed by atoms with Gasteiger partial charge in [0.15, 0.2) is 17.5 Å². The second kappa shape index (κ2) is 10.7. The highest BCUT2D eigenvalue weighted by atomic mass is 127. The van der Waals surface area contributed by atoms with E-state index < -0.39 is 0 Å². The molecule has 0 bridgehead atoms. The van der Waals surface area contributed by atoms with Crippen molar-refractivity contribution < 1.29 is 14.2 Å². The van der Waals surface area contributed by atoms with Crippen molar-refractivity contribution in [3.63, 3.8) is 0 Å². The quantitative estimate of drug-likeness (QED) is 0.326. The fourth-order valence-electron chi connectivity index (χ4n) is 3.66. The van der Waals surface area contributed by atoms with E-state index in [0.717, 1.165) is 35.8 Å². The maximum absolute atomic E-state index is 6.15. The van der Waals surface area contributed by atoms with E-state index >= 15 is 0 Å². The van der Waals surface area contributed by atoms with E-state index in [-0.39, 0.29) is 35.6 Å². The zero-order valence-electron chi connectivity index (χ0n) is 18.3. The summed E-state index contributed by atoms with van der Waals surface area (Å²) in [6.07, 6.45) is 0.844. The van der Waals surface area contributed by atoms with Crippen molar-refractivity contribution >= 4 is 29.9 Å². The van der Waals surface area contributed by atoms with Crippen LogP contribution in [-0.4, -0.2) is 32.3 Å². The molecule has 0 amide bonds. The van der Waals surface area contributed by atoms with Crippen LogP contribution in [0.5, 0.6) is 17.2 Å². The van der Waals surface area contributed by atoms with Gasteiger partial charge >= 0.3 is 0 Å². The molecule has 164 valence electrons. The van der Waals surface area contributed by atoms with Crippen LogP contribution in [0.3, 0.4) is 0 Å². The third-order valence-electron chi connectivity index (χ3n) is 4.92. The Balaban J connectivity index is 0.00000320. The summed E-state index contributed by atoms with van der Waals surface area (Å²) in [5.74, 6) is 3.10. The van der Waals surface area contributed by atoms with Gasteiger partial charge in [-0.1, -0.05) is 30.3 Å². The van der Waals surface area contributed by atoms with Crippen molar-refractivity contribution in [1.82, 2.24) is 10.6 Å². The van der Waals surface area contributed by atoms with Crippen molar-refractivity contribution in [3.05, 3.63) is 53.6 Å². The molecule has 3 rings (SSSR count). The van der Waals surface area contributed by atoms with Gasteiger partial charge in [-0.15, -0.1) is 24.0 Å². The van der Waals surface area contributed by atoms with Gasteiger partial charge in [-0.25, -0.2) is 4.99 Å². The number of benzene rings is 2. The normalized spacial score (nSPS) is 17.1. The number of fused-ring (bicyclic) bond motifs is 1. The third kappa shape index (κ3) is 5.71. The molecule has 7 heteroatoms. The molecule has 2 aromatic carbocycles. The Hall–Kier alpha value is -2.16. The minimum absolute atomic E-state index is 0. The Kier molecular flexibility index (Phi) is 8.64. The molecule has 0 aromatic heterocycles. The Bertz CT molecular complexity index is 871. The first-order chi connectivity index (χ1) is 14.0. The van der Waals surface area contributed by atoms with Crippen molar-refractivity contribution in [2.24, 2.45) is 4.99 Å². The number of halogens is 1. The van der Waals surface area contributed by atoms with E-state index in [1.807, 2.05) is 36.4 Å². The van der Waals surface area contributed by atoms with Crippen LogP contribution in [0.1, 0.15) is 44.4 Å². The lowest BCUT2D eigenvalue weighted by Gasteiger charge is -2.38. The lowest BCUT2D eigenvalue weighted by molar-refractivity contribution is 0.0694. The summed E-state index contributed by atoms with van der Waals surface area (Å²) in [4.78, 5) is 4.80. The molecule has 0 radical (unpaired) electrons. The van der Waals surface area contributed by atoms with Crippen LogP contribution in [0.25, 0.3) is 0 Å². The lowest BCUT2D eigenvalue weighted by atomic mass is 9.90. The molecule has 0 spiro atoms. The van der Waals surface area contributed by atoms with E-state index in [1.165, 1.54) is 0 Å². The summed E-state index contributed by atoms with van der Waals surface area (Å²) >= 11 is 0. The number of hydrogen-bond donors (Lipinski definition) is 2. The predicted molar refractivity (Wildman–Crippen MR) is 131 cm³/mol. The highest BCUT2D eigenvalue weighted by molar-refractivity contribution is 14.0. The number of guanidine groups is 1. The van der Waals surface area contributed by atoms with E-state index in [2.05, 4.69) is 37.5 Å². The van der Waals surface area contributed by atoms with Gasteiger partial charge in [0.25, 0.3) is 0 Å². The van der Waals surface area contributed by atoms with Crippen LogP contribution in [0.15, 0.2) is 47.5 Å². The Morgan fingerprint density at radius 3 is 2.60 bits per heavy atom. The second-order valence-electron chi connectivity index (χ2n) is 7.65. The number of ether oxygens (including phenoxy) is 3. The Morgan fingerprint density at radius 1 is 1.13 bits per heavy atom. The smallest absolute Gasteiger partial charge is 0.192 e. The van der Waals surface area contributed by atoms with E-state index in [0.29, 0.717) is 18.0 Å². The minimum Gasteiger partial charge on any atom is -0.493 e. The topological polar surface area (TPSA) is 64.1 Å². The molecule has 30 heavy (non-hydrogen) atoms. The zero-order valence-corrected chi connectivity index (χ0v) is 20.7. The Morgan fingerprint density at radius 2 is 1.90 bits per heavy atom. The number of hydrogen-bond acceptors (Lipinski definition) is 4. The summed E-state index contributed by atoms with van der Waals surface area (Å²) in [7, 11) is 3.29. The lowest BCUT2D eigenvalue weighted by Crippen LogP contribution is -2.45. The predicted octanol–water partition coefficient (Wildman–Crippen LogP) is 4.68. The van der Waals surface area contributed by atoms with Gasteiger partial charge in [-0.3, -0.25) is 0 Å². The van der Waals surface area contributed by atoms with Gasteiger partial charge in [-0.2, -0.15) is 0 Å². The average Bonchev–Trinajstić information content (AvgIpc) is 2.70. The van der Waals surface area contributed by atoms with Crippen LogP contribution in [0, 0.1) is 0 Å². The molecule has 0 saturated heterocycles. The first-order valence-electron chi connectivity index (χ1n) is 10.00. The van der Waals surface area contributed by atoms with Crippen LogP contribution in [0.2, 0.25) is 0 Å². The Labute approximate surface area is 196 Å². The number of rotatable bonds is 6. The van der Waals surface area contributed by atoms with E-state index in [9.17, 15) is 0 Å². The fraction of sp³-hybridized carbons (Fsp3) is 0.435. The number of aliphatic imine (C=N–C) groups is 1. The van der Waals surface area contributed by atoms with Gasteiger partial charge in [-0.05, 0) is 32.9 Å². The molecule has 1 unspecified atom stereocenters. The molecule has 1 heterocycles. The van der Waals surface area contributed by atoms with Gasteiger partial charge in [0.1, 0.15) is 11.4 Å². The second-order valence-corrected chi connectivity index (χ2v) is 7.65. The SMILES string of the molecule is CCNC(=NCc1cccc(OC)c1OC)NC1CC(C)(C)Oc2ccccc21.I. The molecule has 1 aliphatic rings. The maximum Gasteiger partial charge on any atom is 0.192 e. The summed E-state index contributed by atoms with van der Waals surface area (Å²) in [5, 5.41) is 6.94. The molecule has 0 saturated carbocycles. The van der Waals surface area contributed by atoms with Crippen molar-refractivity contribution in [3.8, 4) is 17.2 Å². The number of methoxy groups -OCH3 is 2. The molecule has 2 N–H and O–H groups in total. The van der Waals surface area contributed by atoms with Gasteiger partial charge in [0.2, 0.25) is 0 Å². The van der Waals surface area contributed by atoms with Crippen molar-refractivity contribution in [2.75, 3.05) is 20.8 Å². The number of nitrogens with zero attached hydrogens (tertiary/aromatic N) is 1. The van der Waals surface area contributed by atoms with Crippen molar-refractivity contribution in [1.29, 1.82) is 0 Å². The number of nitrogens with one attached hydrogen (secondary N) is 2. The summed E-state index contributed by atoms with van der Waals surface area (Å²) in [5.41, 5.74) is 1.87. The first kappa shape index (κ1) is 24.1. The van der Waals surface area contributed by atoms with Crippen LogP contribution in [-0.2, 0) is 6.54 Å². The standard InChI is InChI=1S/C23H31N3O3.HI/c1-6-24-22(25-15-16-10-9-13-20(27-4)21(16)28-5)26-18-14-23(2,3)29-19-12-8-7-11-17(18)19;/h7-13,18H,6,14-15H2,1-5H3,(H2,24,25,26);1H. The average molecular weight is 525 g/mol. The van der Waals surface area contributed by atoms with Crippen LogP contribution < -0.4 is 24.8 Å². The zero-order chi connectivity index (χ0) is 20.9. The molecule has 1 atom stereocenters. The third-order valence-corrected chi connectivity index (χ3v) is 4.92. The van der Waals surface area contributed by atoms with E-state index in [4.69, 9.17) is 19.2 Å². The van der Waals surface area contributed by atoms with E-state index in [1.54, 1.807) is 14.2 Å². The molecule has 6 nitrogen and oxygen atoms in total. The molecule has 0 fully saturated rings. The summed E-state index contributed by atoms with van der Waals surface area (Å²) in [6.45, 7) is 7.54. The van der Waals surface area contributed by atoms with Crippen molar-refractivity contribution in [2.45, 2.75) is 45.4 Å². The fourth-order valence-corrected chi connectivity index (χ4v) is 3.66. The minimum atomic E-state index is -0.251. The summed E-state index contributed by atoms with van der Waals surface area (Å²) in [6, 6.07) is 14.1. The molecule has 1 aliphatic heterocycles.